The first-order valence-electron chi connectivity index (χ1n) is 10.2. The number of nitrogens with zero attached hydrogens (tertiary/aromatic N) is 3. The van der Waals surface area contributed by atoms with Crippen molar-refractivity contribution < 1.29 is 9.53 Å². The molecule has 0 aliphatic carbocycles. The van der Waals surface area contributed by atoms with Gasteiger partial charge in [0.1, 0.15) is 17.9 Å². The third kappa shape index (κ3) is 4.43. The van der Waals surface area contributed by atoms with Crippen LogP contribution in [0, 0.1) is 12.8 Å². The zero-order valence-corrected chi connectivity index (χ0v) is 17.3. The monoisotopic (exact) mass is 402 g/mol. The third-order valence-corrected chi connectivity index (χ3v) is 5.49. The number of piperidine rings is 1. The van der Waals surface area contributed by atoms with Crippen LogP contribution in [0.4, 0.5) is 11.5 Å². The highest BCUT2D eigenvalue weighted by Crippen LogP contribution is 2.30. The Morgan fingerprint density at radius 3 is 2.70 bits per heavy atom. The average Bonchev–Trinajstić information content (AvgIpc) is 2.79. The van der Waals surface area contributed by atoms with Crippen LogP contribution in [0.3, 0.4) is 0 Å². The van der Waals surface area contributed by atoms with Crippen LogP contribution in [0.1, 0.15) is 18.5 Å². The van der Waals surface area contributed by atoms with Crippen molar-refractivity contribution in [2.75, 3.05) is 30.4 Å². The summed E-state index contributed by atoms with van der Waals surface area (Å²) in [6.07, 6.45) is 3.41. The second kappa shape index (κ2) is 8.95. The lowest BCUT2D eigenvalue weighted by Crippen LogP contribution is -2.41. The Morgan fingerprint density at radius 2 is 1.93 bits per heavy atom. The number of rotatable bonds is 5. The molecule has 1 amide bonds. The average molecular weight is 402 g/mol. The molecule has 1 saturated heterocycles. The molecule has 6 heteroatoms. The Morgan fingerprint density at radius 1 is 1.13 bits per heavy atom. The second-order valence-electron chi connectivity index (χ2n) is 7.57. The van der Waals surface area contributed by atoms with E-state index in [1.54, 1.807) is 13.4 Å². The van der Waals surface area contributed by atoms with Crippen molar-refractivity contribution in [1.82, 2.24) is 9.97 Å². The number of benzene rings is 2. The van der Waals surface area contributed by atoms with Crippen LogP contribution >= 0.6 is 0 Å². The summed E-state index contributed by atoms with van der Waals surface area (Å²) in [7, 11) is 1.65. The predicted octanol–water partition coefficient (Wildman–Crippen LogP) is 4.32. The molecule has 0 saturated carbocycles. The number of ether oxygens (including phenoxy) is 1. The van der Waals surface area contributed by atoms with E-state index in [0.29, 0.717) is 6.54 Å². The highest BCUT2D eigenvalue weighted by Gasteiger charge is 2.27. The maximum atomic E-state index is 13.1. The first-order valence-corrected chi connectivity index (χ1v) is 10.2. The number of carbonyl (C=O) groups is 1. The standard InChI is InChI=1S/C24H26N4O2/c1-17-14-23(26-16-25-17)28-13-5-6-19(15-28)24(29)27-22-8-4-3-7-21(22)18-9-11-20(30-2)12-10-18/h3-4,7-12,14,16,19H,5-6,13,15H2,1-2H3,(H,27,29)/t19-/m1/s1. The molecule has 0 unspecified atom stereocenters. The lowest BCUT2D eigenvalue weighted by Gasteiger charge is -2.33. The largest absolute Gasteiger partial charge is 0.497 e. The van der Waals surface area contributed by atoms with Gasteiger partial charge < -0.3 is 15.0 Å². The number of aryl methyl sites for hydroxylation is 1. The van der Waals surface area contributed by atoms with Crippen molar-refractivity contribution in [2.24, 2.45) is 5.92 Å². The molecule has 2 heterocycles. The van der Waals surface area contributed by atoms with Gasteiger partial charge in [-0.15, -0.1) is 0 Å². The minimum absolute atomic E-state index is 0.0476. The minimum Gasteiger partial charge on any atom is -0.497 e. The van der Waals surface area contributed by atoms with Gasteiger partial charge in [-0.3, -0.25) is 4.79 Å². The number of para-hydroxylation sites is 1. The summed E-state index contributed by atoms with van der Waals surface area (Å²) in [4.78, 5) is 23.8. The van der Waals surface area contributed by atoms with Crippen molar-refractivity contribution in [1.29, 1.82) is 0 Å². The molecule has 0 spiro atoms. The SMILES string of the molecule is COc1ccc(-c2ccccc2NC(=O)[C@@H]2CCCN(c3cc(C)ncn3)C2)cc1. The summed E-state index contributed by atoms with van der Waals surface area (Å²) >= 11 is 0. The highest BCUT2D eigenvalue weighted by atomic mass is 16.5. The van der Waals surface area contributed by atoms with Crippen LogP contribution in [-0.2, 0) is 4.79 Å². The van der Waals surface area contributed by atoms with Gasteiger partial charge in [-0.05, 0) is 43.5 Å². The summed E-state index contributed by atoms with van der Waals surface area (Å²) in [6, 6.07) is 17.7. The summed E-state index contributed by atoms with van der Waals surface area (Å²) in [6.45, 7) is 3.52. The van der Waals surface area contributed by atoms with Crippen LogP contribution in [0.5, 0.6) is 5.75 Å². The quantitative estimate of drug-likeness (QED) is 0.689. The molecule has 3 aromatic rings. The van der Waals surface area contributed by atoms with E-state index in [2.05, 4.69) is 20.2 Å². The molecule has 1 aliphatic rings. The number of carbonyl (C=O) groups excluding carboxylic acids is 1. The lowest BCUT2D eigenvalue weighted by molar-refractivity contribution is -0.120. The van der Waals surface area contributed by atoms with E-state index in [0.717, 1.165) is 53.5 Å². The normalized spacial score (nSPS) is 16.2. The summed E-state index contributed by atoms with van der Waals surface area (Å²) in [5.74, 6) is 1.66. The van der Waals surface area contributed by atoms with Gasteiger partial charge in [-0.1, -0.05) is 30.3 Å². The fraction of sp³-hybridized carbons (Fsp3) is 0.292. The first kappa shape index (κ1) is 19.9. The molecule has 1 aromatic heterocycles. The number of amides is 1. The van der Waals surface area contributed by atoms with Gasteiger partial charge in [0, 0.05) is 36.1 Å². The van der Waals surface area contributed by atoms with Crippen molar-refractivity contribution in [2.45, 2.75) is 19.8 Å². The van der Waals surface area contributed by atoms with E-state index in [9.17, 15) is 4.79 Å². The molecular formula is C24H26N4O2. The first-order chi connectivity index (χ1) is 14.6. The Balaban J connectivity index is 1.50. The Hall–Kier alpha value is -3.41. The van der Waals surface area contributed by atoms with E-state index in [-0.39, 0.29) is 11.8 Å². The van der Waals surface area contributed by atoms with Crippen LogP contribution in [0.2, 0.25) is 0 Å². The second-order valence-corrected chi connectivity index (χ2v) is 7.57. The summed E-state index contributed by atoms with van der Waals surface area (Å²) in [5, 5.41) is 3.16. The van der Waals surface area contributed by atoms with E-state index in [1.165, 1.54) is 0 Å². The van der Waals surface area contributed by atoms with Crippen molar-refractivity contribution in [3.8, 4) is 16.9 Å². The van der Waals surface area contributed by atoms with Crippen molar-refractivity contribution >= 4 is 17.4 Å². The molecule has 0 bridgehead atoms. The maximum absolute atomic E-state index is 13.1. The number of nitrogens with one attached hydrogen (secondary N) is 1. The molecule has 154 valence electrons. The fourth-order valence-electron chi connectivity index (χ4n) is 3.86. The summed E-state index contributed by atoms with van der Waals surface area (Å²) in [5.41, 5.74) is 3.78. The van der Waals surface area contributed by atoms with E-state index in [1.807, 2.05) is 61.5 Å². The van der Waals surface area contributed by atoms with Gasteiger partial charge in [0.05, 0.1) is 13.0 Å². The molecular weight excluding hydrogens is 376 g/mol. The van der Waals surface area contributed by atoms with Gasteiger partial charge in [-0.2, -0.15) is 0 Å². The number of hydrogen-bond donors (Lipinski definition) is 1. The van der Waals surface area contributed by atoms with Gasteiger partial charge in [-0.25, -0.2) is 9.97 Å². The van der Waals surface area contributed by atoms with Crippen molar-refractivity contribution in [3.05, 3.63) is 66.6 Å². The van der Waals surface area contributed by atoms with E-state index >= 15 is 0 Å². The number of anilines is 2. The zero-order chi connectivity index (χ0) is 20.9. The fourth-order valence-corrected chi connectivity index (χ4v) is 3.86. The molecule has 0 radical (unpaired) electrons. The smallest absolute Gasteiger partial charge is 0.229 e. The third-order valence-electron chi connectivity index (χ3n) is 5.49. The molecule has 1 N–H and O–H groups in total. The van der Waals surface area contributed by atoms with Crippen LogP contribution in [-0.4, -0.2) is 36.1 Å². The Kier molecular flexibility index (Phi) is 5.93. The number of aromatic nitrogens is 2. The zero-order valence-electron chi connectivity index (χ0n) is 17.3. The van der Waals surface area contributed by atoms with Gasteiger partial charge in [0.25, 0.3) is 0 Å². The topological polar surface area (TPSA) is 67.3 Å². The highest BCUT2D eigenvalue weighted by molar-refractivity contribution is 5.97. The maximum Gasteiger partial charge on any atom is 0.229 e. The van der Waals surface area contributed by atoms with Crippen LogP contribution in [0.25, 0.3) is 11.1 Å². The number of methoxy groups -OCH3 is 1. The Labute approximate surface area is 176 Å². The van der Waals surface area contributed by atoms with E-state index in [4.69, 9.17) is 4.74 Å². The summed E-state index contributed by atoms with van der Waals surface area (Å²) < 4.78 is 5.25. The van der Waals surface area contributed by atoms with Crippen LogP contribution < -0.4 is 15.0 Å². The van der Waals surface area contributed by atoms with Gasteiger partial charge in [0.2, 0.25) is 5.91 Å². The predicted molar refractivity (Wildman–Crippen MR) is 119 cm³/mol. The van der Waals surface area contributed by atoms with Gasteiger partial charge >= 0.3 is 0 Å². The molecule has 4 rings (SSSR count). The van der Waals surface area contributed by atoms with Crippen molar-refractivity contribution in [3.63, 3.8) is 0 Å². The van der Waals surface area contributed by atoms with E-state index < -0.39 is 0 Å². The lowest BCUT2D eigenvalue weighted by atomic mass is 9.96. The Bertz CT molecular complexity index is 1020. The molecule has 6 nitrogen and oxygen atoms in total. The molecule has 1 atom stereocenters. The minimum atomic E-state index is -0.0852. The molecule has 1 aliphatic heterocycles. The van der Waals surface area contributed by atoms with Gasteiger partial charge in [0.15, 0.2) is 0 Å². The molecule has 2 aromatic carbocycles. The van der Waals surface area contributed by atoms with Crippen LogP contribution in [0.15, 0.2) is 60.9 Å². The molecule has 1 fully saturated rings. The number of hydrogen-bond acceptors (Lipinski definition) is 5. The molecule has 30 heavy (non-hydrogen) atoms.